The number of benzene rings is 5. The maximum atomic E-state index is 12.6. The van der Waals surface area contributed by atoms with Gasteiger partial charge in [-0.1, -0.05) is 91.0 Å². The molecule has 1 aliphatic rings. The van der Waals surface area contributed by atoms with Crippen LogP contribution in [0.25, 0.3) is 11.1 Å². The monoisotopic (exact) mass is 701 g/mol. The van der Waals surface area contributed by atoms with Gasteiger partial charge in [-0.3, -0.25) is 9.59 Å². The van der Waals surface area contributed by atoms with Gasteiger partial charge in [0.05, 0.1) is 30.2 Å². The standard InChI is InChI=1S/C42H43N3O5S/c43-37-15-4-5-16-38(37)45-41(48)18-8-17-40(47)44-26-30-9-6-10-32(23-30)33-11-7-12-34(24-33)42-49-35(28-51-36-13-2-1-3-14-36)25-39(50-42)31-21-19-29(27-46)20-22-31/h1-7,9-16,19-24,35,39,42,46H,8,17-18,25-28,43H2,(H,44,47)(H,45,48). The third-order valence-electron chi connectivity index (χ3n) is 8.75. The molecule has 0 bridgehead atoms. The van der Waals surface area contributed by atoms with Crippen molar-refractivity contribution < 1.29 is 24.2 Å². The fourth-order valence-electron chi connectivity index (χ4n) is 5.98. The van der Waals surface area contributed by atoms with Crippen LogP contribution in [0, 0.1) is 0 Å². The van der Waals surface area contributed by atoms with Crippen molar-refractivity contribution in [1.82, 2.24) is 5.32 Å². The normalized spacial score (nSPS) is 17.1. The molecule has 0 aliphatic carbocycles. The van der Waals surface area contributed by atoms with E-state index in [1.165, 1.54) is 4.90 Å². The van der Waals surface area contributed by atoms with Gasteiger partial charge in [-0.15, -0.1) is 11.8 Å². The van der Waals surface area contributed by atoms with Gasteiger partial charge in [0.1, 0.15) is 0 Å². The summed E-state index contributed by atoms with van der Waals surface area (Å²) in [5, 5.41) is 15.3. The Hall–Kier alpha value is -4.93. The smallest absolute Gasteiger partial charge is 0.224 e. The average Bonchev–Trinajstić information content (AvgIpc) is 3.17. The van der Waals surface area contributed by atoms with Crippen molar-refractivity contribution in [3.63, 3.8) is 0 Å². The highest BCUT2D eigenvalue weighted by Crippen LogP contribution is 2.40. The second kappa shape index (κ2) is 17.8. The number of thioether (sulfide) groups is 1. The number of hydrogen-bond donors (Lipinski definition) is 4. The highest BCUT2D eigenvalue weighted by Gasteiger charge is 2.32. The topological polar surface area (TPSA) is 123 Å². The van der Waals surface area contributed by atoms with E-state index in [9.17, 15) is 14.7 Å². The predicted octanol–water partition coefficient (Wildman–Crippen LogP) is 8.19. The molecule has 1 saturated heterocycles. The number of carbonyl (C=O) groups is 2. The Morgan fingerprint density at radius 1 is 0.745 bits per heavy atom. The Balaban J connectivity index is 1.07. The molecular weight excluding hydrogens is 659 g/mol. The summed E-state index contributed by atoms with van der Waals surface area (Å²) < 4.78 is 13.2. The second-order valence-electron chi connectivity index (χ2n) is 12.6. The van der Waals surface area contributed by atoms with Crippen molar-refractivity contribution in [3.8, 4) is 11.1 Å². The molecule has 0 radical (unpaired) electrons. The number of carbonyl (C=O) groups excluding carboxylic acids is 2. The first-order valence-corrected chi connectivity index (χ1v) is 18.2. The van der Waals surface area contributed by atoms with E-state index in [1.54, 1.807) is 23.9 Å². The van der Waals surface area contributed by atoms with Crippen molar-refractivity contribution in [3.05, 3.63) is 150 Å². The van der Waals surface area contributed by atoms with E-state index in [4.69, 9.17) is 15.2 Å². The first-order chi connectivity index (χ1) is 24.9. The van der Waals surface area contributed by atoms with E-state index < -0.39 is 6.29 Å². The number of rotatable bonds is 14. The largest absolute Gasteiger partial charge is 0.397 e. The van der Waals surface area contributed by atoms with Gasteiger partial charge in [0.2, 0.25) is 11.8 Å². The van der Waals surface area contributed by atoms with Crippen molar-refractivity contribution in [2.24, 2.45) is 0 Å². The predicted molar refractivity (Wildman–Crippen MR) is 203 cm³/mol. The zero-order chi connectivity index (χ0) is 35.4. The maximum Gasteiger partial charge on any atom is 0.224 e. The summed E-state index contributed by atoms with van der Waals surface area (Å²) in [6.07, 6.45) is 0.872. The van der Waals surface area contributed by atoms with Gasteiger partial charge in [-0.25, -0.2) is 0 Å². The Morgan fingerprint density at radius 2 is 1.47 bits per heavy atom. The molecule has 6 rings (SSSR count). The molecule has 9 heteroatoms. The van der Waals surface area contributed by atoms with Gasteiger partial charge in [0, 0.05) is 42.0 Å². The van der Waals surface area contributed by atoms with E-state index >= 15 is 0 Å². The lowest BCUT2D eigenvalue weighted by atomic mass is 9.99. The minimum atomic E-state index is -0.558. The number of nitrogen functional groups attached to an aromatic ring is 1. The molecule has 2 amide bonds. The van der Waals surface area contributed by atoms with Crippen LogP contribution in [-0.4, -0.2) is 28.8 Å². The van der Waals surface area contributed by atoms with E-state index in [0.717, 1.165) is 45.6 Å². The molecule has 0 spiro atoms. The summed E-state index contributed by atoms with van der Waals surface area (Å²) in [6.45, 7) is 0.381. The van der Waals surface area contributed by atoms with E-state index in [1.807, 2.05) is 78.9 Å². The molecule has 8 nitrogen and oxygen atoms in total. The molecule has 1 fully saturated rings. The van der Waals surface area contributed by atoms with Crippen LogP contribution >= 0.6 is 11.8 Å². The molecule has 262 valence electrons. The first-order valence-electron chi connectivity index (χ1n) is 17.2. The number of nitrogens with one attached hydrogen (secondary N) is 2. The number of anilines is 2. The summed E-state index contributed by atoms with van der Waals surface area (Å²) in [7, 11) is 0. The Labute approximate surface area is 303 Å². The van der Waals surface area contributed by atoms with E-state index in [2.05, 4.69) is 47.0 Å². The Morgan fingerprint density at radius 3 is 2.25 bits per heavy atom. The van der Waals surface area contributed by atoms with E-state index in [-0.39, 0.29) is 43.5 Å². The van der Waals surface area contributed by atoms with Crippen molar-refractivity contribution >= 4 is 35.0 Å². The van der Waals surface area contributed by atoms with Gasteiger partial charge in [0.25, 0.3) is 0 Å². The van der Waals surface area contributed by atoms with Crippen LogP contribution in [0.15, 0.2) is 132 Å². The second-order valence-corrected chi connectivity index (χ2v) is 13.7. The van der Waals surface area contributed by atoms with Crippen LogP contribution < -0.4 is 16.4 Å². The lowest BCUT2D eigenvalue weighted by Crippen LogP contribution is -2.31. The van der Waals surface area contributed by atoms with Gasteiger partial charge in [0.15, 0.2) is 6.29 Å². The highest BCUT2D eigenvalue weighted by molar-refractivity contribution is 7.99. The molecule has 5 aromatic rings. The minimum absolute atomic E-state index is 0.000447. The van der Waals surface area contributed by atoms with Crippen LogP contribution in [-0.2, 0) is 32.2 Å². The molecule has 0 saturated carbocycles. The van der Waals surface area contributed by atoms with Crippen molar-refractivity contribution in [2.75, 3.05) is 16.8 Å². The Kier molecular flexibility index (Phi) is 12.5. The van der Waals surface area contributed by atoms with E-state index in [0.29, 0.717) is 24.3 Å². The molecular formula is C42H43N3O5S. The fourth-order valence-corrected chi connectivity index (χ4v) is 6.92. The van der Waals surface area contributed by atoms with Crippen LogP contribution in [0.4, 0.5) is 11.4 Å². The highest BCUT2D eigenvalue weighted by atomic mass is 32.2. The summed E-state index contributed by atoms with van der Waals surface area (Å²) >= 11 is 1.78. The summed E-state index contributed by atoms with van der Waals surface area (Å²) in [5.74, 6) is 0.508. The quantitative estimate of drug-likeness (QED) is 0.0680. The first kappa shape index (κ1) is 35.9. The fraction of sp³-hybridized carbons (Fsp3) is 0.238. The molecule has 0 aromatic heterocycles. The molecule has 3 unspecified atom stereocenters. The van der Waals surface area contributed by atoms with Gasteiger partial charge < -0.3 is 30.9 Å². The number of amides is 2. The number of ether oxygens (including phenoxy) is 2. The molecule has 5 aromatic carbocycles. The van der Waals surface area contributed by atoms with Crippen LogP contribution in [0.1, 0.15) is 60.3 Å². The molecule has 5 N–H and O–H groups in total. The van der Waals surface area contributed by atoms with Gasteiger partial charge in [-0.05, 0) is 70.6 Å². The Bertz CT molecular complexity index is 1900. The number of nitrogens with two attached hydrogens (primary N) is 1. The lowest BCUT2D eigenvalue weighted by Gasteiger charge is -2.36. The molecule has 1 heterocycles. The van der Waals surface area contributed by atoms with Crippen molar-refractivity contribution in [2.45, 2.75) is 62.2 Å². The summed E-state index contributed by atoms with van der Waals surface area (Å²) in [4.78, 5) is 26.1. The number of aliphatic hydroxyl groups is 1. The van der Waals surface area contributed by atoms with Crippen LogP contribution in [0.2, 0.25) is 0 Å². The third kappa shape index (κ3) is 10.3. The molecule has 51 heavy (non-hydrogen) atoms. The number of aliphatic hydroxyl groups excluding tert-OH is 1. The van der Waals surface area contributed by atoms with Crippen LogP contribution in [0.5, 0.6) is 0 Å². The minimum Gasteiger partial charge on any atom is -0.397 e. The summed E-state index contributed by atoms with van der Waals surface area (Å²) in [6, 6.07) is 41.7. The van der Waals surface area contributed by atoms with Crippen molar-refractivity contribution in [1.29, 1.82) is 0 Å². The summed E-state index contributed by atoms with van der Waals surface area (Å²) in [5.41, 5.74) is 12.8. The molecule has 1 aliphatic heterocycles. The molecule has 3 atom stereocenters. The zero-order valence-electron chi connectivity index (χ0n) is 28.4. The maximum absolute atomic E-state index is 12.6. The zero-order valence-corrected chi connectivity index (χ0v) is 29.2. The van der Waals surface area contributed by atoms with Crippen LogP contribution in [0.3, 0.4) is 0 Å². The van der Waals surface area contributed by atoms with Gasteiger partial charge in [-0.2, -0.15) is 0 Å². The lowest BCUT2D eigenvalue weighted by molar-refractivity contribution is -0.245. The number of para-hydroxylation sites is 2. The third-order valence-corrected chi connectivity index (χ3v) is 9.89. The number of hydrogen-bond acceptors (Lipinski definition) is 7. The SMILES string of the molecule is Nc1ccccc1NC(=O)CCCC(=O)NCc1cccc(-c2cccc(C3OC(CSc4ccccc4)CC(c4ccc(CO)cc4)O3)c2)c1. The average molecular weight is 702 g/mol. The van der Waals surface area contributed by atoms with Gasteiger partial charge >= 0.3 is 0 Å².